The molecule has 0 aromatic heterocycles. The van der Waals surface area contributed by atoms with Crippen LogP contribution in [-0.4, -0.2) is 36.5 Å². The summed E-state index contributed by atoms with van der Waals surface area (Å²) in [5, 5.41) is 10.6. The molecule has 0 aliphatic rings. The van der Waals surface area contributed by atoms with Crippen molar-refractivity contribution in [2.75, 3.05) is 18.4 Å². The molecule has 0 aliphatic heterocycles. The Balaban J connectivity index is 2.51. The predicted molar refractivity (Wildman–Crippen MR) is 94.0 cm³/mol. The van der Waals surface area contributed by atoms with E-state index < -0.39 is 17.5 Å². The summed E-state index contributed by atoms with van der Waals surface area (Å²) in [5.41, 5.74) is 0.725. The van der Waals surface area contributed by atoms with Crippen molar-refractivity contribution in [1.82, 2.24) is 16.0 Å². The number of urea groups is 1. The van der Waals surface area contributed by atoms with Crippen molar-refractivity contribution in [3.8, 4) is 0 Å². The Morgan fingerprint density at radius 1 is 1.12 bits per heavy atom. The molecule has 0 bridgehead atoms. The van der Waals surface area contributed by atoms with E-state index in [1.165, 1.54) is 0 Å². The molecule has 0 atom stereocenters. The minimum atomic E-state index is -0.540. The summed E-state index contributed by atoms with van der Waals surface area (Å²) in [6.45, 7) is 7.99. The summed E-state index contributed by atoms with van der Waals surface area (Å²) in [5.74, 6) is -0.618. The Labute approximate surface area is 142 Å². The van der Waals surface area contributed by atoms with Crippen LogP contribution < -0.4 is 21.3 Å². The summed E-state index contributed by atoms with van der Waals surface area (Å²) in [6.07, 6.45) is 0.862. The lowest BCUT2D eigenvalue weighted by Crippen LogP contribution is -2.49. The van der Waals surface area contributed by atoms with Crippen molar-refractivity contribution in [2.24, 2.45) is 0 Å². The van der Waals surface area contributed by atoms with Gasteiger partial charge in [-0.1, -0.05) is 13.0 Å². The Bertz CT molecular complexity index is 594. The topological polar surface area (TPSA) is 99.3 Å². The van der Waals surface area contributed by atoms with Crippen LogP contribution in [0.3, 0.4) is 0 Å². The van der Waals surface area contributed by atoms with E-state index in [1.807, 2.05) is 27.7 Å². The molecular weight excluding hydrogens is 308 g/mol. The van der Waals surface area contributed by atoms with Gasteiger partial charge in [0, 0.05) is 23.3 Å². The normalized spacial score (nSPS) is 10.7. The van der Waals surface area contributed by atoms with Crippen LogP contribution in [0.15, 0.2) is 24.3 Å². The molecule has 0 heterocycles. The average Bonchev–Trinajstić information content (AvgIpc) is 2.49. The number of imide groups is 1. The first-order valence-corrected chi connectivity index (χ1v) is 7.95. The Kier molecular flexibility index (Phi) is 7.23. The molecule has 1 aromatic rings. The third-order valence-corrected chi connectivity index (χ3v) is 2.85. The van der Waals surface area contributed by atoms with Gasteiger partial charge in [-0.25, -0.2) is 4.79 Å². The van der Waals surface area contributed by atoms with E-state index in [9.17, 15) is 14.4 Å². The molecule has 0 saturated heterocycles. The predicted octanol–water partition coefficient (Wildman–Crippen LogP) is 1.86. The van der Waals surface area contributed by atoms with E-state index in [0.29, 0.717) is 17.8 Å². The lowest BCUT2D eigenvalue weighted by atomic mass is 10.1. The summed E-state index contributed by atoms with van der Waals surface area (Å²) < 4.78 is 0. The molecule has 0 unspecified atom stereocenters. The number of rotatable bonds is 6. The molecule has 7 nitrogen and oxygen atoms in total. The van der Waals surface area contributed by atoms with Crippen LogP contribution in [0.1, 0.15) is 44.5 Å². The van der Waals surface area contributed by atoms with Gasteiger partial charge in [-0.2, -0.15) is 0 Å². The SMILES string of the molecule is CCCNC(=O)c1cccc(NCC(=O)NC(=O)NC(C)(C)C)c1. The molecule has 0 saturated carbocycles. The lowest BCUT2D eigenvalue weighted by molar-refractivity contribution is -0.118. The van der Waals surface area contributed by atoms with Gasteiger partial charge in [0.2, 0.25) is 5.91 Å². The summed E-state index contributed by atoms with van der Waals surface area (Å²) in [7, 11) is 0. The van der Waals surface area contributed by atoms with Gasteiger partial charge in [-0.15, -0.1) is 0 Å². The van der Waals surface area contributed by atoms with Crippen LogP contribution in [0.5, 0.6) is 0 Å². The second-order valence-electron chi connectivity index (χ2n) is 6.44. The van der Waals surface area contributed by atoms with Gasteiger partial charge < -0.3 is 16.0 Å². The first-order valence-electron chi connectivity index (χ1n) is 7.95. The number of hydrogen-bond donors (Lipinski definition) is 4. The van der Waals surface area contributed by atoms with Crippen molar-refractivity contribution in [3.63, 3.8) is 0 Å². The highest BCUT2D eigenvalue weighted by Crippen LogP contribution is 2.10. The van der Waals surface area contributed by atoms with Crippen molar-refractivity contribution >= 4 is 23.5 Å². The molecule has 24 heavy (non-hydrogen) atoms. The smallest absolute Gasteiger partial charge is 0.321 e. The van der Waals surface area contributed by atoms with Crippen LogP contribution in [0.2, 0.25) is 0 Å². The molecule has 132 valence electrons. The number of benzene rings is 1. The largest absolute Gasteiger partial charge is 0.376 e. The monoisotopic (exact) mass is 334 g/mol. The molecule has 7 heteroatoms. The highest BCUT2D eigenvalue weighted by molar-refractivity contribution is 5.97. The Hall–Kier alpha value is -2.57. The molecule has 4 N–H and O–H groups in total. The molecule has 0 radical (unpaired) electrons. The van der Waals surface area contributed by atoms with Crippen LogP contribution in [0.4, 0.5) is 10.5 Å². The Morgan fingerprint density at radius 2 is 1.83 bits per heavy atom. The fraction of sp³-hybridized carbons (Fsp3) is 0.471. The van der Waals surface area contributed by atoms with Crippen LogP contribution in [-0.2, 0) is 4.79 Å². The van der Waals surface area contributed by atoms with Crippen LogP contribution in [0, 0.1) is 0 Å². The zero-order valence-electron chi connectivity index (χ0n) is 14.7. The molecule has 0 fully saturated rings. The van der Waals surface area contributed by atoms with Gasteiger partial charge >= 0.3 is 6.03 Å². The first-order chi connectivity index (χ1) is 11.2. The highest BCUT2D eigenvalue weighted by atomic mass is 16.2. The van der Waals surface area contributed by atoms with E-state index in [-0.39, 0.29) is 12.5 Å². The second-order valence-corrected chi connectivity index (χ2v) is 6.44. The van der Waals surface area contributed by atoms with Gasteiger partial charge in [0.05, 0.1) is 6.54 Å². The van der Waals surface area contributed by atoms with Crippen molar-refractivity contribution in [3.05, 3.63) is 29.8 Å². The van der Waals surface area contributed by atoms with Gasteiger partial charge in [-0.3, -0.25) is 14.9 Å². The third kappa shape index (κ3) is 7.62. The van der Waals surface area contributed by atoms with Crippen molar-refractivity contribution in [1.29, 1.82) is 0 Å². The van der Waals surface area contributed by atoms with E-state index in [0.717, 1.165) is 6.42 Å². The maximum Gasteiger partial charge on any atom is 0.321 e. The van der Waals surface area contributed by atoms with Gasteiger partial charge in [0.25, 0.3) is 5.91 Å². The van der Waals surface area contributed by atoms with E-state index in [4.69, 9.17) is 0 Å². The van der Waals surface area contributed by atoms with Crippen LogP contribution in [0.25, 0.3) is 0 Å². The Morgan fingerprint density at radius 3 is 2.46 bits per heavy atom. The lowest BCUT2D eigenvalue weighted by Gasteiger charge is -2.20. The van der Waals surface area contributed by atoms with Crippen molar-refractivity contribution < 1.29 is 14.4 Å². The van der Waals surface area contributed by atoms with Gasteiger partial charge in [0.15, 0.2) is 0 Å². The fourth-order valence-electron chi connectivity index (χ4n) is 1.84. The highest BCUT2D eigenvalue weighted by Gasteiger charge is 2.15. The maximum absolute atomic E-state index is 11.9. The van der Waals surface area contributed by atoms with Gasteiger partial charge in [-0.05, 0) is 45.4 Å². The fourth-order valence-corrected chi connectivity index (χ4v) is 1.84. The molecule has 4 amide bonds. The van der Waals surface area contributed by atoms with Crippen LogP contribution >= 0.6 is 0 Å². The summed E-state index contributed by atoms with van der Waals surface area (Å²) in [4.78, 5) is 35.3. The molecule has 0 spiro atoms. The van der Waals surface area contributed by atoms with E-state index in [2.05, 4.69) is 21.3 Å². The minimum Gasteiger partial charge on any atom is -0.376 e. The first kappa shape index (κ1) is 19.5. The van der Waals surface area contributed by atoms with E-state index in [1.54, 1.807) is 24.3 Å². The summed E-state index contributed by atoms with van der Waals surface area (Å²) in [6, 6.07) is 6.30. The average molecular weight is 334 g/mol. The number of anilines is 1. The third-order valence-electron chi connectivity index (χ3n) is 2.85. The number of nitrogens with one attached hydrogen (secondary N) is 4. The van der Waals surface area contributed by atoms with Crippen molar-refractivity contribution in [2.45, 2.75) is 39.7 Å². The minimum absolute atomic E-state index is 0.0718. The maximum atomic E-state index is 11.9. The molecule has 1 rings (SSSR count). The second kappa shape index (κ2) is 8.90. The number of amides is 4. The number of carbonyl (C=O) groups excluding carboxylic acids is 3. The summed E-state index contributed by atoms with van der Waals surface area (Å²) >= 11 is 0. The zero-order chi connectivity index (χ0) is 18.2. The number of hydrogen-bond acceptors (Lipinski definition) is 4. The molecule has 1 aromatic carbocycles. The molecular formula is C17H26N4O3. The quantitative estimate of drug-likeness (QED) is 0.638. The molecule has 0 aliphatic carbocycles. The number of carbonyl (C=O) groups is 3. The van der Waals surface area contributed by atoms with Gasteiger partial charge in [0.1, 0.15) is 0 Å². The standard InChI is InChI=1S/C17H26N4O3/c1-5-9-18-15(23)12-7-6-8-13(10-12)19-11-14(22)20-16(24)21-17(2,3)4/h6-8,10,19H,5,9,11H2,1-4H3,(H,18,23)(H2,20,21,22,24). The zero-order valence-corrected chi connectivity index (χ0v) is 14.7. The van der Waals surface area contributed by atoms with E-state index >= 15 is 0 Å².